The lowest BCUT2D eigenvalue weighted by atomic mass is 10.1. The molecule has 2 aliphatic heterocycles. The number of nitrogen functional groups attached to an aromatic ring is 1. The molecule has 9 N–H and O–H groups in total. The van der Waals surface area contributed by atoms with Gasteiger partial charge in [0.05, 0.1) is 19.5 Å². The number of hydrogen-bond donors (Lipinski definition) is 8. The van der Waals surface area contributed by atoms with Crippen LogP contribution >= 0.6 is 15.2 Å². The third-order valence-electron chi connectivity index (χ3n) is 5.57. The van der Waals surface area contributed by atoms with Crippen LogP contribution in [0.4, 0.5) is 5.82 Å². The van der Waals surface area contributed by atoms with Crippen LogP contribution in [-0.2, 0) is 27.7 Å². The van der Waals surface area contributed by atoms with Crippen molar-refractivity contribution in [3.05, 3.63) is 12.7 Å². The van der Waals surface area contributed by atoms with Crippen molar-refractivity contribution >= 4 is 32.2 Å². The van der Waals surface area contributed by atoms with Crippen molar-refractivity contribution in [2.75, 3.05) is 24.9 Å². The molecule has 2 saturated heterocycles. The SMILES string of the molecule is Nc1ncnc2c1ncn2[C@@H]1O[C@H](COP(=O)(O)CP(=O)(O)OC[C@H]2OC(O)[C@H](O)[C@@H]2O)[C@@H](O)[C@H]1O. The predicted molar refractivity (Wildman–Crippen MR) is 115 cm³/mol. The fraction of sp³-hybridized carbons (Fsp3) is 0.688. The zero-order chi connectivity index (χ0) is 26.4. The number of nitrogens with two attached hydrogens (primary N) is 1. The molecule has 18 nitrogen and oxygen atoms in total. The van der Waals surface area contributed by atoms with E-state index in [-0.39, 0.29) is 17.0 Å². The Balaban J connectivity index is 1.34. The fourth-order valence-corrected chi connectivity index (χ4v) is 6.93. The maximum atomic E-state index is 12.4. The number of fused-ring (bicyclic) bond motifs is 1. The lowest BCUT2D eigenvalue weighted by molar-refractivity contribution is -0.131. The summed E-state index contributed by atoms with van der Waals surface area (Å²) in [5, 5.41) is 49.2. The van der Waals surface area contributed by atoms with Gasteiger partial charge < -0.3 is 59.6 Å². The summed E-state index contributed by atoms with van der Waals surface area (Å²) in [7, 11) is -9.60. The summed E-state index contributed by atoms with van der Waals surface area (Å²) in [4.78, 5) is 31.8. The first-order valence-corrected chi connectivity index (χ1v) is 13.9. The Morgan fingerprint density at radius 2 is 1.47 bits per heavy atom. The number of ether oxygens (including phenoxy) is 2. The first-order chi connectivity index (χ1) is 16.8. The zero-order valence-corrected chi connectivity index (χ0v) is 20.0. The molecule has 0 amide bonds. The van der Waals surface area contributed by atoms with Crippen molar-refractivity contribution in [3.8, 4) is 0 Å². The van der Waals surface area contributed by atoms with E-state index in [0.717, 1.165) is 6.33 Å². The molecule has 4 rings (SSSR count). The Labute approximate surface area is 201 Å². The molecule has 3 unspecified atom stereocenters. The molecule has 10 atom stereocenters. The molecule has 0 radical (unpaired) electrons. The van der Waals surface area contributed by atoms with Gasteiger partial charge in [0.15, 0.2) is 29.9 Å². The quantitative estimate of drug-likeness (QED) is 0.141. The monoisotopic (exact) mass is 557 g/mol. The van der Waals surface area contributed by atoms with Crippen LogP contribution in [0, 0.1) is 0 Å². The molecule has 2 fully saturated rings. The van der Waals surface area contributed by atoms with Gasteiger partial charge in [-0.1, -0.05) is 0 Å². The molecular weight excluding hydrogens is 532 g/mol. The number of aliphatic hydroxyl groups excluding tert-OH is 5. The Morgan fingerprint density at radius 3 is 2.06 bits per heavy atom. The highest BCUT2D eigenvalue weighted by Crippen LogP contribution is 2.58. The van der Waals surface area contributed by atoms with Gasteiger partial charge in [-0.15, -0.1) is 0 Å². The van der Waals surface area contributed by atoms with Crippen LogP contribution in [0.5, 0.6) is 0 Å². The average molecular weight is 557 g/mol. The third kappa shape index (κ3) is 5.61. The van der Waals surface area contributed by atoms with E-state index in [1.165, 1.54) is 10.9 Å². The van der Waals surface area contributed by atoms with E-state index in [9.17, 15) is 44.4 Å². The molecular formula is C16H25N5O13P2. The standard InChI is InChI=1S/C16H25N5O13P2/c17-13-8-14(19-3-18-13)21(4-20-8)15-11(24)9(22)6(33-15)1-31-35(27,28)5-36(29,30)32-2-7-10(23)12(25)16(26)34-7/h3-4,6-7,9-12,15-16,22-26H,1-2,5H2,(H,27,28)(H,29,30)(H2,17,18,19)/t6-,7-,9-,10-,11-,12-,15-,16?/m1/s1. The van der Waals surface area contributed by atoms with Crippen molar-refractivity contribution in [2.24, 2.45) is 0 Å². The van der Waals surface area contributed by atoms with Crippen LogP contribution in [0.15, 0.2) is 12.7 Å². The molecule has 0 aromatic carbocycles. The second-order valence-electron chi connectivity index (χ2n) is 8.18. The molecule has 20 heteroatoms. The van der Waals surface area contributed by atoms with Gasteiger partial charge in [-0.05, 0) is 0 Å². The lowest BCUT2D eigenvalue weighted by Gasteiger charge is -2.21. The van der Waals surface area contributed by atoms with E-state index in [2.05, 4.69) is 19.5 Å². The van der Waals surface area contributed by atoms with Gasteiger partial charge in [0.2, 0.25) is 0 Å². The van der Waals surface area contributed by atoms with Crippen LogP contribution in [0.25, 0.3) is 11.2 Å². The largest absolute Gasteiger partial charge is 0.387 e. The summed E-state index contributed by atoms with van der Waals surface area (Å²) in [6.45, 7) is -1.54. The molecule has 0 aliphatic carbocycles. The minimum Gasteiger partial charge on any atom is -0.387 e. The van der Waals surface area contributed by atoms with E-state index in [1.807, 2.05) is 0 Å². The summed E-state index contributed by atoms with van der Waals surface area (Å²) < 4.78 is 45.7. The number of rotatable bonds is 9. The van der Waals surface area contributed by atoms with Crippen molar-refractivity contribution in [3.63, 3.8) is 0 Å². The smallest absolute Gasteiger partial charge is 0.340 e. The maximum Gasteiger partial charge on any atom is 0.340 e. The van der Waals surface area contributed by atoms with E-state index >= 15 is 0 Å². The lowest BCUT2D eigenvalue weighted by Crippen LogP contribution is -2.34. The molecule has 4 heterocycles. The third-order valence-corrected chi connectivity index (χ3v) is 9.54. The predicted octanol–water partition coefficient (Wildman–Crippen LogP) is -3.17. The normalized spacial score (nSPS) is 36.2. The van der Waals surface area contributed by atoms with Crippen LogP contribution in [0.1, 0.15) is 6.23 Å². The van der Waals surface area contributed by atoms with Crippen molar-refractivity contribution in [1.29, 1.82) is 0 Å². The van der Waals surface area contributed by atoms with Gasteiger partial charge in [-0.25, -0.2) is 15.0 Å². The van der Waals surface area contributed by atoms with Gasteiger partial charge >= 0.3 is 15.2 Å². The van der Waals surface area contributed by atoms with Crippen molar-refractivity contribution < 1.29 is 63.0 Å². The van der Waals surface area contributed by atoms with Gasteiger partial charge in [0.1, 0.15) is 48.5 Å². The number of aromatic nitrogens is 4. The Hall–Kier alpha value is -1.63. The molecule has 36 heavy (non-hydrogen) atoms. The Bertz CT molecular complexity index is 1180. The van der Waals surface area contributed by atoms with Crippen molar-refractivity contribution in [2.45, 2.75) is 49.1 Å². The highest BCUT2D eigenvalue weighted by Gasteiger charge is 2.47. The molecule has 2 aromatic rings. The average Bonchev–Trinajstić information content (AvgIpc) is 3.42. The summed E-state index contributed by atoms with van der Waals surface area (Å²) in [6, 6.07) is 0. The first-order valence-electron chi connectivity index (χ1n) is 10.4. The summed E-state index contributed by atoms with van der Waals surface area (Å²) >= 11 is 0. The van der Waals surface area contributed by atoms with Crippen LogP contribution in [0.2, 0.25) is 0 Å². The summed E-state index contributed by atoms with van der Waals surface area (Å²) in [5.74, 6) is -1.30. The molecule has 202 valence electrons. The van der Waals surface area contributed by atoms with Crippen LogP contribution in [-0.4, -0.2) is 117 Å². The zero-order valence-electron chi connectivity index (χ0n) is 18.2. The Morgan fingerprint density at radius 1 is 0.889 bits per heavy atom. The fourth-order valence-electron chi connectivity index (χ4n) is 3.71. The Kier molecular flexibility index (Phi) is 7.81. The van der Waals surface area contributed by atoms with E-state index < -0.39 is 83.5 Å². The summed E-state index contributed by atoms with van der Waals surface area (Å²) in [5.41, 5.74) is 6.15. The summed E-state index contributed by atoms with van der Waals surface area (Å²) in [6.07, 6.45) is -9.62. The highest BCUT2D eigenvalue weighted by atomic mass is 31.2. The second kappa shape index (κ2) is 10.3. The minimum atomic E-state index is -4.81. The van der Waals surface area contributed by atoms with Gasteiger partial charge in [0.25, 0.3) is 0 Å². The van der Waals surface area contributed by atoms with Gasteiger partial charge in [-0.3, -0.25) is 13.7 Å². The van der Waals surface area contributed by atoms with E-state index in [1.54, 1.807) is 0 Å². The van der Waals surface area contributed by atoms with E-state index in [0.29, 0.717) is 0 Å². The number of hydrogen-bond acceptors (Lipinski definition) is 15. The molecule has 0 spiro atoms. The van der Waals surface area contributed by atoms with Crippen molar-refractivity contribution in [1.82, 2.24) is 19.5 Å². The number of aliphatic hydroxyl groups is 5. The van der Waals surface area contributed by atoms with E-state index in [4.69, 9.17) is 19.7 Å². The second-order valence-corrected chi connectivity index (χ2v) is 12.4. The van der Waals surface area contributed by atoms with Gasteiger partial charge in [0, 0.05) is 0 Å². The first kappa shape index (κ1) is 27.4. The molecule has 2 aromatic heterocycles. The maximum absolute atomic E-state index is 12.4. The number of nitrogens with zero attached hydrogens (tertiary/aromatic N) is 4. The van der Waals surface area contributed by atoms with Crippen LogP contribution in [0.3, 0.4) is 0 Å². The van der Waals surface area contributed by atoms with Crippen LogP contribution < -0.4 is 5.73 Å². The number of anilines is 1. The highest BCUT2D eigenvalue weighted by molar-refractivity contribution is 7.70. The van der Waals surface area contributed by atoms with Gasteiger partial charge in [-0.2, -0.15) is 0 Å². The molecule has 0 bridgehead atoms. The minimum absolute atomic E-state index is 0.0740. The molecule has 2 aliphatic rings. The topological polar surface area (TPSA) is 282 Å². The number of imidazole rings is 1. The molecule has 0 saturated carbocycles.